The summed E-state index contributed by atoms with van der Waals surface area (Å²) in [5, 5.41) is 14.6. The van der Waals surface area contributed by atoms with Crippen molar-refractivity contribution in [2.75, 3.05) is 6.54 Å². The Bertz CT molecular complexity index is 340. The van der Waals surface area contributed by atoms with Gasteiger partial charge in [-0.3, -0.25) is 0 Å². The SMILES string of the molecule is CC(NCCc1ccc(Br)s1)/C(N)=N/O. The van der Waals surface area contributed by atoms with Crippen molar-refractivity contribution in [3.05, 3.63) is 20.8 Å². The molecule has 1 atom stereocenters. The van der Waals surface area contributed by atoms with E-state index in [2.05, 4.69) is 32.5 Å². The summed E-state index contributed by atoms with van der Waals surface area (Å²) in [7, 11) is 0. The van der Waals surface area contributed by atoms with Crippen LogP contribution in [-0.4, -0.2) is 23.6 Å². The molecule has 0 spiro atoms. The van der Waals surface area contributed by atoms with Crippen LogP contribution in [0.4, 0.5) is 0 Å². The van der Waals surface area contributed by atoms with Gasteiger partial charge in [0.15, 0.2) is 5.84 Å². The normalized spacial score (nSPS) is 14.1. The fourth-order valence-corrected chi connectivity index (χ4v) is 2.57. The number of thiophene rings is 1. The Morgan fingerprint density at radius 2 is 2.47 bits per heavy atom. The van der Waals surface area contributed by atoms with Gasteiger partial charge in [0.05, 0.1) is 9.83 Å². The third kappa shape index (κ3) is 4.19. The molecule has 0 radical (unpaired) electrons. The summed E-state index contributed by atoms with van der Waals surface area (Å²) in [4.78, 5) is 1.31. The van der Waals surface area contributed by atoms with E-state index in [0.29, 0.717) is 0 Å². The van der Waals surface area contributed by atoms with Crippen molar-refractivity contribution in [3.8, 4) is 0 Å². The third-order valence-electron chi connectivity index (χ3n) is 2.01. The Balaban J connectivity index is 2.27. The lowest BCUT2D eigenvalue weighted by Gasteiger charge is -2.10. The molecule has 1 aromatic rings. The smallest absolute Gasteiger partial charge is 0.156 e. The Hall–Kier alpha value is -0.590. The fraction of sp³-hybridized carbons (Fsp3) is 0.444. The van der Waals surface area contributed by atoms with Crippen molar-refractivity contribution in [1.29, 1.82) is 0 Å². The van der Waals surface area contributed by atoms with Crippen LogP contribution in [0.5, 0.6) is 0 Å². The molecule has 0 aliphatic rings. The molecular weight excluding hydrogens is 278 g/mol. The highest BCUT2D eigenvalue weighted by Gasteiger charge is 2.06. The Morgan fingerprint density at radius 3 is 3.00 bits per heavy atom. The lowest BCUT2D eigenvalue weighted by molar-refractivity contribution is 0.315. The molecule has 6 heteroatoms. The number of nitrogens with two attached hydrogens (primary N) is 1. The van der Waals surface area contributed by atoms with Gasteiger partial charge in [-0.2, -0.15) is 0 Å². The molecule has 1 aromatic heterocycles. The largest absolute Gasteiger partial charge is 0.409 e. The summed E-state index contributed by atoms with van der Waals surface area (Å²) in [5.41, 5.74) is 5.43. The van der Waals surface area contributed by atoms with E-state index in [1.807, 2.05) is 13.0 Å². The lowest BCUT2D eigenvalue weighted by Crippen LogP contribution is -2.39. The number of amidine groups is 1. The van der Waals surface area contributed by atoms with E-state index in [-0.39, 0.29) is 11.9 Å². The summed E-state index contributed by atoms with van der Waals surface area (Å²) in [6, 6.07) is 4.02. The number of hydrogen-bond donors (Lipinski definition) is 3. The number of hydrogen-bond acceptors (Lipinski definition) is 4. The van der Waals surface area contributed by atoms with Crippen LogP contribution >= 0.6 is 27.3 Å². The van der Waals surface area contributed by atoms with Crippen molar-refractivity contribution in [2.45, 2.75) is 19.4 Å². The highest BCUT2D eigenvalue weighted by atomic mass is 79.9. The minimum atomic E-state index is -0.0987. The Labute approximate surface area is 101 Å². The summed E-state index contributed by atoms with van der Waals surface area (Å²) < 4.78 is 1.14. The zero-order chi connectivity index (χ0) is 11.3. The number of oxime groups is 1. The van der Waals surface area contributed by atoms with E-state index in [4.69, 9.17) is 10.9 Å². The fourth-order valence-electron chi connectivity index (χ4n) is 1.09. The average Bonchev–Trinajstić information content (AvgIpc) is 2.63. The van der Waals surface area contributed by atoms with E-state index in [1.54, 1.807) is 11.3 Å². The van der Waals surface area contributed by atoms with Crippen LogP contribution in [-0.2, 0) is 6.42 Å². The van der Waals surface area contributed by atoms with Gasteiger partial charge in [0, 0.05) is 11.4 Å². The summed E-state index contributed by atoms with van der Waals surface area (Å²) in [6.45, 7) is 2.67. The monoisotopic (exact) mass is 291 g/mol. The molecule has 0 fully saturated rings. The molecule has 0 aromatic carbocycles. The maximum atomic E-state index is 8.44. The molecule has 0 saturated carbocycles. The molecular formula is C9H14BrN3OS. The Morgan fingerprint density at radius 1 is 1.73 bits per heavy atom. The molecule has 0 amide bonds. The van der Waals surface area contributed by atoms with Crippen molar-refractivity contribution >= 4 is 33.1 Å². The van der Waals surface area contributed by atoms with E-state index in [1.165, 1.54) is 4.88 Å². The molecule has 84 valence electrons. The molecule has 0 aliphatic carbocycles. The van der Waals surface area contributed by atoms with Crippen molar-refractivity contribution in [1.82, 2.24) is 5.32 Å². The van der Waals surface area contributed by atoms with Crippen LogP contribution in [0, 0.1) is 0 Å². The first-order valence-electron chi connectivity index (χ1n) is 4.58. The predicted octanol–water partition coefficient (Wildman–Crippen LogP) is 1.78. The zero-order valence-electron chi connectivity index (χ0n) is 8.40. The van der Waals surface area contributed by atoms with E-state index in [9.17, 15) is 0 Å². The van der Waals surface area contributed by atoms with Crippen molar-refractivity contribution < 1.29 is 5.21 Å². The second-order valence-corrected chi connectivity index (χ2v) is 5.70. The quantitative estimate of drug-likeness (QED) is 0.335. The van der Waals surface area contributed by atoms with Crippen LogP contribution in [0.15, 0.2) is 21.1 Å². The van der Waals surface area contributed by atoms with Gasteiger partial charge in [0.1, 0.15) is 0 Å². The second-order valence-electron chi connectivity index (χ2n) is 3.16. The minimum absolute atomic E-state index is 0.0987. The molecule has 0 aliphatic heterocycles. The van der Waals surface area contributed by atoms with Gasteiger partial charge >= 0.3 is 0 Å². The van der Waals surface area contributed by atoms with Crippen LogP contribution in [0.2, 0.25) is 0 Å². The van der Waals surface area contributed by atoms with Crippen LogP contribution in [0.1, 0.15) is 11.8 Å². The topological polar surface area (TPSA) is 70.6 Å². The number of nitrogens with zero attached hydrogens (tertiary/aromatic N) is 1. The van der Waals surface area contributed by atoms with E-state index >= 15 is 0 Å². The van der Waals surface area contributed by atoms with Crippen LogP contribution in [0.25, 0.3) is 0 Å². The van der Waals surface area contributed by atoms with E-state index in [0.717, 1.165) is 16.8 Å². The Kier molecular flexibility index (Phi) is 5.07. The van der Waals surface area contributed by atoms with Gasteiger partial charge in [-0.25, -0.2) is 0 Å². The summed E-state index contributed by atoms with van der Waals surface area (Å²) >= 11 is 5.13. The first-order valence-corrected chi connectivity index (χ1v) is 6.19. The molecule has 1 heterocycles. The number of rotatable bonds is 5. The van der Waals surface area contributed by atoms with Gasteiger partial charge in [0.25, 0.3) is 0 Å². The maximum Gasteiger partial charge on any atom is 0.156 e. The van der Waals surface area contributed by atoms with Gasteiger partial charge in [-0.15, -0.1) is 11.3 Å². The predicted molar refractivity (Wildman–Crippen MR) is 66.6 cm³/mol. The van der Waals surface area contributed by atoms with E-state index < -0.39 is 0 Å². The van der Waals surface area contributed by atoms with Gasteiger partial charge < -0.3 is 16.3 Å². The van der Waals surface area contributed by atoms with Gasteiger partial charge in [-0.1, -0.05) is 5.16 Å². The standard InChI is InChI=1S/C9H14BrN3OS/c1-6(9(11)13-14)12-5-4-7-2-3-8(10)15-7/h2-3,6,12,14H,4-5H2,1H3,(H2,11,13). The third-order valence-corrected chi connectivity index (χ3v) is 3.69. The average molecular weight is 292 g/mol. The molecule has 4 N–H and O–H groups in total. The minimum Gasteiger partial charge on any atom is -0.409 e. The highest BCUT2D eigenvalue weighted by molar-refractivity contribution is 9.11. The summed E-state index contributed by atoms with van der Waals surface area (Å²) in [5.74, 6) is 0.211. The van der Waals surface area contributed by atoms with Crippen LogP contribution in [0.3, 0.4) is 0 Å². The maximum absolute atomic E-state index is 8.44. The van der Waals surface area contributed by atoms with Gasteiger partial charge in [0.2, 0.25) is 0 Å². The number of nitrogens with one attached hydrogen (secondary N) is 1. The molecule has 4 nitrogen and oxygen atoms in total. The molecule has 1 unspecified atom stereocenters. The molecule has 1 rings (SSSR count). The van der Waals surface area contributed by atoms with Crippen molar-refractivity contribution in [2.24, 2.45) is 10.9 Å². The highest BCUT2D eigenvalue weighted by Crippen LogP contribution is 2.21. The first kappa shape index (κ1) is 12.5. The van der Waals surface area contributed by atoms with Crippen LogP contribution < -0.4 is 11.1 Å². The molecule has 0 saturated heterocycles. The van der Waals surface area contributed by atoms with Crippen molar-refractivity contribution in [3.63, 3.8) is 0 Å². The zero-order valence-corrected chi connectivity index (χ0v) is 10.8. The summed E-state index contributed by atoms with van der Waals surface area (Å²) in [6.07, 6.45) is 0.944. The second kappa shape index (κ2) is 6.09. The number of halogens is 1. The van der Waals surface area contributed by atoms with Gasteiger partial charge in [-0.05, 0) is 41.4 Å². The first-order chi connectivity index (χ1) is 7.13. The molecule has 15 heavy (non-hydrogen) atoms. The lowest BCUT2D eigenvalue weighted by atomic mass is 10.3. The molecule has 0 bridgehead atoms.